The van der Waals surface area contributed by atoms with Crippen molar-refractivity contribution in [1.29, 1.82) is 0 Å². The summed E-state index contributed by atoms with van der Waals surface area (Å²) in [6.07, 6.45) is 2.72. The Labute approximate surface area is 195 Å². The molecule has 3 N–H and O–H groups in total. The second-order valence-electron chi connectivity index (χ2n) is 8.69. The molecule has 8 nitrogen and oxygen atoms in total. The minimum absolute atomic E-state index is 0.0606. The fraction of sp³-hybridized carbons (Fsp3) is 0.480. The molecule has 2 saturated heterocycles. The summed E-state index contributed by atoms with van der Waals surface area (Å²) in [6, 6.07) is 12.1. The number of ether oxygens (including phenoxy) is 1. The number of anilines is 3. The molecule has 1 unspecified atom stereocenters. The molecule has 0 radical (unpaired) electrons. The Kier molecular flexibility index (Phi) is 7.44. The number of aromatic nitrogens is 1. The summed E-state index contributed by atoms with van der Waals surface area (Å²) in [7, 11) is 0. The summed E-state index contributed by atoms with van der Waals surface area (Å²) in [6.45, 7) is 7.65. The third-order valence-corrected chi connectivity index (χ3v) is 6.29. The van der Waals surface area contributed by atoms with Crippen LogP contribution < -0.4 is 20.9 Å². The predicted molar refractivity (Wildman–Crippen MR) is 129 cm³/mol. The number of amides is 2. The van der Waals surface area contributed by atoms with Crippen LogP contribution in [0.25, 0.3) is 0 Å². The van der Waals surface area contributed by atoms with Gasteiger partial charge in [-0.25, -0.2) is 4.98 Å². The first kappa shape index (κ1) is 23.0. The highest BCUT2D eigenvalue weighted by atomic mass is 16.5. The number of nitrogens with zero attached hydrogens (tertiary/aromatic N) is 2. The summed E-state index contributed by atoms with van der Waals surface area (Å²) in [5.74, 6) is 0.597. The van der Waals surface area contributed by atoms with E-state index in [0.29, 0.717) is 19.2 Å². The number of pyridine rings is 1. The predicted octanol–water partition coefficient (Wildman–Crippen LogP) is 2.89. The third kappa shape index (κ3) is 6.01. The molecule has 0 spiro atoms. The molecule has 0 aliphatic carbocycles. The lowest BCUT2D eigenvalue weighted by Crippen LogP contribution is -2.37. The second-order valence-corrected chi connectivity index (χ2v) is 8.69. The average Bonchev–Trinajstić information content (AvgIpc) is 3.27. The maximum Gasteiger partial charge on any atom is 0.225 e. The first-order valence-corrected chi connectivity index (χ1v) is 11.8. The van der Waals surface area contributed by atoms with E-state index < -0.39 is 0 Å². The van der Waals surface area contributed by atoms with Gasteiger partial charge < -0.3 is 25.6 Å². The quantitative estimate of drug-likeness (QED) is 0.571. The van der Waals surface area contributed by atoms with Gasteiger partial charge in [0.25, 0.3) is 0 Å². The van der Waals surface area contributed by atoms with Gasteiger partial charge >= 0.3 is 0 Å². The molecule has 33 heavy (non-hydrogen) atoms. The first-order chi connectivity index (χ1) is 16.0. The maximum absolute atomic E-state index is 12.2. The van der Waals surface area contributed by atoms with Gasteiger partial charge in [-0.2, -0.15) is 0 Å². The molecule has 2 aliphatic heterocycles. The zero-order valence-electron chi connectivity index (χ0n) is 19.4. The van der Waals surface area contributed by atoms with Crippen LogP contribution in [-0.4, -0.2) is 49.1 Å². The Hall–Kier alpha value is -3.13. The van der Waals surface area contributed by atoms with E-state index in [1.54, 1.807) is 0 Å². The zero-order chi connectivity index (χ0) is 23.2. The smallest absolute Gasteiger partial charge is 0.225 e. The molecule has 2 aromatic rings. The molecule has 176 valence electrons. The standard InChI is InChI=1S/C25H33N5O3/c1-3-33-21-10-12-30(13-11-21)23-9-8-22(17(2)28-23)29-20-6-4-18(5-7-20)15-27-25(32)19-14-24(31)26-16-19/h4-9,19,21,29H,3,10-16H2,1-2H3,(H,26,31)(H,27,32). The fourth-order valence-corrected chi connectivity index (χ4v) is 4.33. The Bertz CT molecular complexity index is 971. The number of carbonyl (C=O) groups is 2. The second kappa shape index (κ2) is 10.7. The van der Waals surface area contributed by atoms with E-state index in [-0.39, 0.29) is 24.2 Å². The largest absolute Gasteiger partial charge is 0.378 e. The number of hydrogen-bond donors (Lipinski definition) is 3. The molecule has 2 fully saturated rings. The first-order valence-electron chi connectivity index (χ1n) is 11.8. The van der Waals surface area contributed by atoms with Crippen LogP contribution in [0, 0.1) is 12.8 Å². The number of benzene rings is 1. The summed E-state index contributed by atoms with van der Waals surface area (Å²) >= 11 is 0. The van der Waals surface area contributed by atoms with Crippen molar-refractivity contribution >= 4 is 29.0 Å². The van der Waals surface area contributed by atoms with Gasteiger partial charge in [-0.3, -0.25) is 9.59 Å². The van der Waals surface area contributed by atoms with Gasteiger partial charge in [0.15, 0.2) is 0 Å². The topological polar surface area (TPSA) is 95.6 Å². The van der Waals surface area contributed by atoms with Crippen molar-refractivity contribution in [3.8, 4) is 0 Å². The average molecular weight is 452 g/mol. The summed E-state index contributed by atoms with van der Waals surface area (Å²) in [4.78, 5) is 30.6. The van der Waals surface area contributed by atoms with Gasteiger partial charge in [0.05, 0.1) is 23.4 Å². The normalized spacial score (nSPS) is 18.8. The van der Waals surface area contributed by atoms with E-state index in [0.717, 1.165) is 61.0 Å². The van der Waals surface area contributed by atoms with Crippen LogP contribution in [0.1, 0.15) is 37.4 Å². The molecular formula is C25H33N5O3. The highest BCUT2D eigenvalue weighted by Crippen LogP contribution is 2.25. The Morgan fingerprint density at radius 2 is 1.94 bits per heavy atom. The SMILES string of the molecule is CCOC1CCN(c2ccc(Nc3ccc(CNC(=O)C4CNC(=O)C4)cc3)c(C)n2)CC1. The van der Waals surface area contributed by atoms with Gasteiger partial charge in [-0.1, -0.05) is 12.1 Å². The van der Waals surface area contributed by atoms with Gasteiger partial charge in [0, 0.05) is 44.9 Å². The molecule has 1 aromatic heterocycles. The highest BCUT2D eigenvalue weighted by Gasteiger charge is 2.27. The molecule has 1 aromatic carbocycles. The van der Waals surface area contributed by atoms with Crippen LogP contribution in [0.2, 0.25) is 0 Å². The van der Waals surface area contributed by atoms with E-state index in [1.165, 1.54) is 0 Å². The lowest BCUT2D eigenvalue weighted by molar-refractivity contribution is -0.126. The van der Waals surface area contributed by atoms with E-state index in [4.69, 9.17) is 9.72 Å². The maximum atomic E-state index is 12.2. The highest BCUT2D eigenvalue weighted by molar-refractivity contribution is 5.89. The monoisotopic (exact) mass is 451 g/mol. The lowest BCUT2D eigenvalue weighted by atomic mass is 10.1. The minimum atomic E-state index is -0.270. The molecule has 0 saturated carbocycles. The van der Waals surface area contributed by atoms with Crippen LogP contribution in [-0.2, 0) is 20.9 Å². The summed E-state index contributed by atoms with van der Waals surface area (Å²) in [5.41, 5.74) is 3.90. The number of hydrogen-bond acceptors (Lipinski definition) is 6. The van der Waals surface area contributed by atoms with Crippen molar-refractivity contribution in [3.63, 3.8) is 0 Å². The lowest BCUT2D eigenvalue weighted by Gasteiger charge is -2.32. The van der Waals surface area contributed by atoms with Gasteiger partial charge in [-0.05, 0) is 56.5 Å². The van der Waals surface area contributed by atoms with E-state index in [1.807, 2.05) is 38.1 Å². The van der Waals surface area contributed by atoms with Gasteiger partial charge in [0.2, 0.25) is 11.8 Å². The molecule has 3 heterocycles. The number of piperidine rings is 1. The molecule has 8 heteroatoms. The van der Waals surface area contributed by atoms with Gasteiger partial charge in [-0.15, -0.1) is 0 Å². The molecule has 1 atom stereocenters. The minimum Gasteiger partial charge on any atom is -0.378 e. The Morgan fingerprint density at radius 3 is 2.58 bits per heavy atom. The molecular weight excluding hydrogens is 418 g/mol. The number of rotatable bonds is 8. The van der Waals surface area contributed by atoms with Crippen molar-refractivity contribution < 1.29 is 14.3 Å². The molecule has 2 amide bonds. The van der Waals surface area contributed by atoms with E-state index >= 15 is 0 Å². The van der Waals surface area contributed by atoms with Crippen molar-refractivity contribution in [3.05, 3.63) is 47.7 Å². The number of aryl methyl sites for hydroxylation is 1. The van der Waals surface area contributed by atoms with Crippen LogP contribution in [0.4, 0.5) is 17.2 Å². The van der Waals surface area contributed by atoms with Crippen LogP contribution in [0.3, 0.4) is 0 Å². The molecule has 2 aliphatic rings. The summed E-state index contributed by atoms with van der Waals surface area (Å²) < 4.78 is 5.75. The fourth-order valence-electron chi connectivity index (χ4n) is 4.33. The van der Waals surface area contributed by atoms with Crippen molar-refractivity contribution in [1.82, 2.24) is 15.6 Å². The molecule has 4 rings (SSSR count). The number of nitrogens with one attached hydrogen (secondary N) is 3. The van der Waals surface area contributed by atoms with Crippen molar-refractivity contribution in [2.45, 2.75) is 45.8 Å². The Balaban J connectivity index is 1.29. The van der Waals surface area contributed by atoms with Crippen molar-refractivity contribution in [2.75, 3.05) is 36.5 Å². The number of carbonyl (C=O) groups excluding carboxylic acids is 2. The van der Waals surface area contributed by atoms with E-state index in [2.05, 4.69) is 33.0 Å². The summed E-state index contributed by atoms with van der Waals surface area (Å²) in [5, 5.41) is 9.04. The third-order valence-electron chi connectivity index (χ3n) is 6.29. The van der Waals surface area contributed by atoms with Crippen LogP contribution in [0.5, 0.6) is 0 Å². The zero-order valence-corrected chi connectivity index (χ0v) is 19.4. The van der Waals surface area contributed by atoms with Crippen LogP contribution >= 0.6 is 0 Å². The van der Waals surface area contributed by atoms with Crippen LogP contribution in [0.15, 0.2) is 36.4 Å². The van der Waals surface area contributed by atoms with Gasteiger partial charge in [0.1, 0.15) is 5.82 Å². The molecule has 0 bridgehead atoms. The van der Waals surface area contributed by atoms with Crippen molar-refractivity contribution in [2.24, 2.45) is 5.92 Å². The Morgan fingerprint density at radius 1 is 1.18 bits per heavy atom. The van der Waals surface area contributed by atoms with E-state index in [9.17, 15) is 9.59 Å².